The van der Waals surface area contributed by atoms with Gasteiger partial charge in [-0.15, -0.1) is 11.3 Å². The Labute approximate surface area is 107 Å². The van der Waals surface area contributed by atoms with E-state index in [0.717, 1.165) is 5.25 Å². The van der Waals surface area contributed by atoms with Crippen molar-refractivity contribution in [2.24, 2.45) is 0 Å². The zero-order chi connectivity index (χ0) is 11.2. The van der Waals surface area contributed by atoms with Gasteiger partial charge in [0.1, 0.15) is 0 Å². The van der Waals surface area contributed by atoms with E-state index < -0.39 is 0 Å². The lowest BCUT2D eigenvalue weighted by molar-refractivity contribution is 0.505. The maximum absolute atomic E-state index is 3.73. The average molecular weight is 255 g/mol. The molecule has 0 amide bonds. The number of nitrogens with one attached hydrogen (secondary N) is 1. The number of rotatable bonds is 5. The molecule has 1 nitrogen and oxygen atoms in total. The fraction of sp³-hybridized carbons (Fsp3) is 0.692. The maximum Gasteiger partial charge on any atom is 0.0412 e. The predicted molar refractivity (Wildman–Crippen MR) is 75.5 cm³/mol. The van der Waals surface area contributed by atoms with Crippen molar-refractivity contribution in [1.82, 2.24) is 5.32 Å². The summed E-state index contributed by atoms with van der Waals surface area (Å²) in [5.41, 5.74) is 0. The molecule has 1 saturated heterocycles. The van der Waals surface area contributed by atoms with Crippen molar-refractivity contribution in [2.75, 3.05) is 12.3 Å². The molecule has 1 N–H and O–H groups in total. The van der Waals surface area contributed by atoms with Crippen LogP contribution in [-0.2, 0) is 0 Å². The molecule has 1 aliphatic rings. The highest BCUT2D eigenvalue weighted by molar-refractivity contribution is 7.99. The molecule has 1 fully saturated rings. The zero-order valence-electron chi connectivity index (χ0n) is 9.95. The van der Waals surface area contributed by atoms with Crippen LogP contribution in [0.4, 0.5) is 0 Å². The van der Waals surface area contributed by atoms with Crippen molar-refractivity contribution in [2.45, 2.75) is 43.9 Å². The number of thioether (sulfide) groups is 1. The second kappa shape index (κ2) is 6.67. The average Bonchev–Trinajstić information content (AvgIpc) is 2.85. The third-order valence-electron chi connectivity index (χ3n) is 3.16. The smallest absolute Gasteiger partial charge is 0.0412 e. The van der Waals surface area contributed by atoms with Crippen LogP contribution in [0.2, 0.25) is 0 Å². The summed E-state index contributed by atoms with van der Waals surface area (Å²) in [6, 6.07) is 4.97. The Bertz CT molecular complexity index is 278. The van der Waals surface area contributed by atoms with Gasteiger partial charge in [-0.2, -0.15) is 11.8 Å². The number of hydrogen-bond acceptors (Lipinski definition) is 3. The Hall–Kier alpha value is 0.01000. The van der Waals surface area contributed by atoms with Crippen molar-refractivity contribution in [3.63, 3.8) is 0 Å². The minimum Gasteiger partial charge on any atom is -0.308 e. The highest BCUT2D eigenvalue weighted by atomic mass is 32.2. The van der Waals surface area contributed by atoms with Gasteiger partial charge < -0.3 is 5.32 Å². The van der Waals surface area contributed by atoms with Crippen molar-refractivity contribution >= 4 is 23.1 Å². The summed E-state index contributed by atoms with van der Waals surface area (Å²) in [5, 5.41) is 6.76. The first-order chi connectivity index (χ1) is 7.90. The first kappa shape index (κ1) is 12.5. The molecule has 0 aromatic carbocycles. The minimum absolute atomic E-state index is 0.572. The fourth-order valence-electron chi connectivity index (χ4n) is 2.18. The van der Waals surface area contributed by atoms with Gasteiger partial charge in [0.2, 0.25) is 0 Å². The Morgan fingerprint density at radius 1 is 1.50 bits per heavy atom. The van der Waals surface area contributed by atoms with Crippen LogP contribution in [0.5, 0.6) is 0 Å². The normalized spacial score (nSPS) is 23.2. The monoisotopic (exact) mass is 255 g/mol. The van der Waals surface area contributed by atoms with E-state index >= 15 is 0 Å². The van der Waals surface area contributed by atoms with Crippen LogP contribution in [0.15, 0.2) is 17.5 Å². The Morgan fingerprint density at radius 3 is 3.06 bits per heavy atom. The standard InChI is InChI=1S/C13H21NS2/c1-2-12(13-7-5-9-16-13)14-10-11-6-3-4-8-15-11/h5,7,9,11-12,14H,2-4,6,8,10H2,1H3. The molecule has 1 aromatic heterocycles. The maximum atomic E-state index is 3.73. The third kappa shape index (κ3) is 3.51. The van der Waals surface area contributed by atoms with Gasteiger partial charge in [-0.05, 0) is 36.5 Å². The van der Waals surface area contributed by atoms with E-state index in [2.05, 4.69) is 41.5 Å². The summed E-state index contributed by atoms with van der Waals surface area (Å²) in [4.78, 5) is 1.49. The van der Waals surface area contributed by atoms with E-state index in [1.165, 1.54) is 42.9 Å². The highest BCUT2D eigenvalue weighted by Crippen LogP contribution is 2.26. The molecular weight excluding hydrogens is 234 g/mol. The number of hydrogen-bond donors (Lipinski definition) is 1. The topological polar surface area (TPSA) is 12.0 Å². The van der Waals surface area contributed by atoms with E-state index in [0.29, 0.717) is 6.04 Å². The minimum atomic E-state index is 0.572. The molecule has 2 atom stereocenters. The second-order valence-corrected chi connectivity index (χ2v) is 6.76. The molecule has 0 saturated carbocycles. The van der Waals surface area contributed by atoms with Gasteiger partial charge in [-0.1, -0.05) is 19.4 Å². The lowest BCUT2D eigenvalue weighted by Crippen LogP contribution is -2.29. The van der Waals surface area contributed by atoms with Gasteiger partial charge in [0.05, 0.1) is 0 Å². The quantitative estimate of drug-likeness (QED) is 0.851. The molecule has 1 aliphatic heterocycles. The van der Waals surface area contributed by atoms with E-state index in [1.807, 2.05) is 11.3 Å². The Morgan fingerprint density at radius 2 is 2.44 bits per heavy atom. The third-order valence-corrected chi connectivity index (χ3v) is 5.54. The largest absolute Gasteiger partial charge is 0.308 e. The van der Waals surface area contributed by atoms with Crippen LogP contribution in [-0.4, -0.2) is 17.5 Å². The van der Waals surface area contributed by atoms with Crippen LogP contribution in [0.3, 0.4) is 0 Å². The summed E-state index contributed by atoms with van der Waals surface area (Å²) in [5.74, 6) is 1.36. The molecule has 0 aliphatic carbocycles. The number of thiophene rings is 1. The zero-order valence-corrected chi connectivity index (χ0v) is 11.6. The molecule has 16 heavy (non-hydrogen) atoms. The van der Waals surface area contributed by atoms with E-state index in [1.54, 1.807) is 0 Å². The summed E-state index contributed by atoms with van der Waals surface area (Å²) in [6.45, 7) is 3.45. The molecule has 2 unspecified atom stereocenters. The summed E-state index contributed by atoms with van der Waals surface area (Å²) in [6.07, 6.45) is 5.44. The molecule has 2 rings (SSSR count). The highest BCUT2D eigenvalue weighted by Gasteiger charge is 2.16. The van der Waals surface area contributed by atoms with Gasteiger partial charge in [0.15, 0.2) is 0 Å². The van der Waals surface area contributed by atoms with Crippen molar-refractivity contribution in [1.29, 1.82) is 0 Å². The summed E-state index contributed by atoms with van der Waals surface area (Å²) >= 11 is 4.03. The molecule has 0 spiro atoms. The van der Waals surface area contributed by atoms with Gasteiger partial charge in [0.25, 0.3) is 0 Å². The molecule has 3 heteroatoms. The van der Waals surface area contributed by atoms with E-state index in [9.17, 15) is 0 Å². The van der Waals surface area contributed by atoms with Crippen molar-refractivity contribution in [3.8, 4) is 0 Å². The van der Waals surface area contributed by atoms with Gasteiger partial charge in [-0.3, -0.25) is 0 Å². The first-order valence-corrected chi connectivity index (χ1v) is 8.21. The molecule has 90 valence electrons. The van der Waals surface area contributed by atoms with Crippen LogP contribution < -0.4 is 5.32 Å². The van der Waals surface area contributed by atoms with Gasteiger partial charge in [0, 0.05) is 22.7 Å². The van der Waals surface area contributed by atoms with E-state index in [-0.39, 0.29) is 0 Å². The van der Waals surface area contributed by atoms with Gasteiger partial charge >= 0.3 is 0 Å². The Balaban J connectivity index is 1.78. The second-order valence-electron chi connectivity index (χ2n) is 4.37. The van der Waals surface area contributed by atoms with E-state index in [4.69, 9.17) is 0 Å². The van der Waals surface area contributed by atoms with Crippen molar-refractivity contribution < 1.29 is 0 Å². The summed E-state index contributed by atoms with van der Waals surface area (Å²) in [7, 11) is 0. The molecular formula is C13H21NS2. The Kier molecular flexibility index (Phi) is 5.20. The van der Waals surface area contributed by atoms with Crippen molar-refractivity contribution in [3.05, 3.63) is 22.4 Å². The SMILES string of the molecule is CCC(NCC1CCCCS1)c1cccs1. The molecule has 0 radical (unpaired) electrons. The lowest BCUT2D eigenvalue weighted by Gasteiger charge is -2.24. The van der Waals surface area contributed by atoms with Crippen LogP contribution in [0, 0.1) is 0 Å². The molecule has 1 aromatic rings. The van der Waals surface area contributed by atoms with Crippen LogP contribution in [0.25, 0.3) is 0 Å². The summed E-state index contributed by atoms with van der Waals surface area (Å²) < 4.78 is 0. The predicted octanol–water partition coefficient (Wildman–Crippen LogP) is 4.07. The van der Waals surface area contributed by atoms with Crippen LogP contribution >= 0.6 is 23.1 Å². The fourth-order valence-corrected chi connectivity index (χ4v) is 4.31. The lowest BCUT2D eigenvalue weighted by atomic mass is 10.1. The molecule has 2 heterocycles. The van der Waals surface area contributed by atoms with Gasteiger partial charge in [-0.25, -0.2) is 0 Å². The van der Waals surface area contributed by atoms with Crippen LogP contribution in [0.1, 0.15) is 43.5 Å². The first-order valence-electron chi connectivity index (χ1n) is 6.28. The molecule has 0 bridgehead atoms.